The summed E-state index contributed by atoms with van der Waals surface area (Å²) in [6.45, 7) is 3.82. The third kappa shape index (κ3) is 3.09. The molecule has 96 valence electrons. The molecule has 2 N–H and O–H groups in total. The highest BCUT2D eigenvalue weighted by molar-refractivity contribution is 5.43. The summed E-state index contributed by atoms with van der Waals surface area (Å²) in [7, 11) is 0. The van der Waals surface area contributed by atoms with Crippen LogP contribution in [0, 0.1) is 18.3 Å². The van der Waals surface area contributed by atoms with Gasteiger partial charge in [-0.3, -0.25) is 0 Å². The van der Waals surface area contributed by atoms with Gasteiger partial charge in [-0.25, -0.2) is 4.98 Å². The molecule has 1 atom stereocenters. The lowest BCUT2D eigenvalue weighted by atomic mass is 10.1. The molecule has 0 aliphatic rings. The van der Waals surface area contributed by atoms with E-state index >= 15 is 0 Å². The summed E-state index contributed by atoms with van der Waals surface area (Å²) in [4.78, 5) is 4.21. The van der Waals surface area contributed by atoms with E-state index in [9.17, 15) is 0 Å². The maximum Gasteiger partial charge on any atom is 0.219 e. The molecule has 0 spiro atoms. The van der Waals surface area contributed by atoms with E-state index in [1.807, 2.05) is 26.0 Å². The normalized spacial score (nSPS) is 11.7. The van der Waals surface area contributed by atoms with Gasteiger partial charge in [-0.05, 0) is 37.1 Å². The van der Waals surface area contributed by atoms with Crippen molar-refractivity contribution in [1.82, 2.24) is 4.98 Å². The summed E-state index contributed by atoms with van der Waals surface area (Å²) < 4.78 is 5.68. The number of nitrogens with zero attached hydrogens (tertiary/aromatic N) is 2. The number of nitrogens with two attached hydrogens (primary N) is 1. The molecule has 0 saturated carbocycles. The highest BCUT2D eigenvalue weighted by Crippen LogP contribution is 2.25. The van der Waals surface area contributed by atoms with Gasteiger partial charge in [0.15, 0.2) is 0 Å². The van der Waals surface area contributed by atoms with E-state index in [4.69, 9.17) is 15.7 Å². The summed E-state index contributed by atoms with van der Waals surface area (Å²) in [5.74, 6) is 1.13. The van der Waals surface area contributed by atoms with Crippen molar-refractivity contribution in [2.75, 3.05) is 0 Å². The fourth-order valence-electron chi connectivity index (χ4n) is 1.61. The van der Waals surface area contributed by atoms with Crippen LogP contribution < -0.4 is 10.5 Å². The number of hydrogen-bond donors (Lipinski definition) is 1. The molecule has 0 aliphatic carbocycles. The molecule has 4 heteroatoms. The lowest BCUT2D eigenvalue weighted by Gasteiger charge is -2.09. The number of aromatic nitrogens is 1. The van der Waals surface area contributed by atoms with Gasteiger partial charge in [0.1, 0.15) is 5.75 Å². The monoisotopic (exact) mass is 253 g/mol. The van der Waals surface area contributed by atoms with Crippen LogP contribution in [-0.4, -0.2) is 4.98 Å². The molecule has 4 nitrogen and oxygen atoms in total. The molecular formula is C15H15N3O. The van der Waals surface area contributed by atoms with Gasteiger partial charge in [-0.2, -0.15) is 5.26 Å². The minimum Gasteiger partial charge on any atom is -0.439 e. The minimum absolute atomic E-state index is 0.0507. The van der Waals surface area contributed by atoms with Gasteiger partial charge >= 0.3 is 0 Å². The second-order valence-corrected chi connectivity index (χ2v) is 4.41. The Morgan fingerprint density at radius 3 is 2.68 bits per heavy atom. The molecule has 1 heterocycles. The Balaban J connectivity index is 2.24. The van der Waals surface area contributed by atoms with E-state index in [-0.39, 0.29) is 6.04 Å². The smallest absolute Gasteiger partial charge is 0.219 e. The van der Waals surface area contributed by atoms with Crippen molar-refractivity contribution in [2.24, 2.45) is 5.73 Å². The van der Waals surface area contributed by atoms with Crippen LogP contribution in [0.4, 0.5) is 0 Å². The predicted molar refractivity (Wildman–Crippen MR) is 72.8 cm³/mol. The molecule has 0 fully saturated rings. The highest BCUT2D eigenvalue weighted by Gasteiger charge is 2.05. The van der Waals surface area contributed by atoms with Crippen LogP contribution in [0.2, 0.25) is 0 Å². The van der Waals surface area contributed by atoms with Crippen LogP contribution in [0.5, 0.6) is 11.6 Å². The molecule has 0 aliphatic heterocycles. The fraction of sp³-hybridized carbons (Fsp3) is 0.200. The van der Waals surface area contributed by atoms with E-state index in [1.54, 1.807) is 24.4 Å². The topological polar surface area (TPSA) is 71.9 Å². The van der Waals surface area contributed by atoms with E-state index in [1.165, 1.54) is 0 Å². The Bertz CT molecular complexity index is 612. The van der Waals surface area contributed by atoms with Gasteiger partial charge in [0.05, 0.1) is 11.6 Å². The third-order valence-electron chi connectivity index (χ3n) is 2.82. The van der Waals surface area contributed by atoms with Gasteiger partial charge < -0.3 is 10.5 Å². The quantitative estimate of drug-likeness (QED) is 0.912. The van der Waals surface area contributed by atoms with E-state index in [0.29, 0.717) is 17.2 Å². The van der Waals surface area contributed by atoms with Gasteiger partial charge in [-0.1, -0.05) is 12.1 Å². The predicted octanol–water partition coefficient (Wildman–Crippen LogP) is 3.07. The average molecular weight is 253 g/mol. The van der Waals surface area contributed by atoms with Crippen molar-refractivity contribution in [3.05, 3.63) is 53.2 Å². The second kappa shape index (κ2) is 5.51. The van der Waals surface area contributed by atoms with Crippen LogP contribution in [0.1, 0.15) is 29.7 Å². The number of benzene rings is 1. The molecular weight excluding hydrogens is 238 g/mol. The summed E-state index contributed by atoms with van der Waals surface area (Å²) in [6, 6.07) is 11.0. The van der Waals surface area contributed by atoms with Gasteiger partial charge in [-0.15, -0.1) is 0 Å². The zero-order valence-corrected chi connectivity index (χ0v) is 10.9. The summed E-state index contributed by atoms with van der Waals surface area (Å²) in [5, 5.41) is 8.88. The zero-order chi connectivity index (χ0) is 13.8. The number of nitriles is 1. The average Bonchev–Trinajstić information content (AvgIpc) is 2.42. The molecule has 2 aromatic rings. The molecule has 19 heavy (non-hydrogen) atoms. The number of ether oxygens (including phenoxy) is 1. The van der Waals surface area contributed by atoms with Crippen molar-refractivity contribution in [1.29, 1.82) is 5.26 Å². The zero-order valence-electron chi connectivity index (χ0n) is 10.9. The summed E-state index contributed by atoms with van der Waals surface area (Å²) >= 11 is 0. The lowest BCUT2D eigenvalue weighted by Crippen LogP contribution is -2.05. The van der Waals surface area contributed by atoms with E-state index in [0.717, 1.165) is 11.1 Å². The van der Waals surface area contributed by atoms with Gasteiger partial charge in [0, 0.05) is 18.3 Å². The molecule has 1 aromatic carbocycles. The van der Waals surface area contributed by atoms with Crippen LogP contribution in [0.15, 0.2) is 36.5 Å². The molecule has 2 rings (SSSR count). The Morgan fingerprint density at radius 1 is 1.32 bits per heavy atom. The van der Waals surface area contributed by atoms with Crippen LogP contribution in [0.3, 0.4) is 0 Å². The molecule has 0 radical (unpaired) electrons. The van der Waals surface area contributed by atoms with Crippen molar-refractivity contribution in [3.63, 3.8) is 0 Å². The van der Waals surface area contributed by atoms with E-state index in [2.05, 4.69) is 11.1 Å². The van der Waals surface area contributed by atoms with E-state index < -0.39 is 0 Å². The Morgan fingerprint density at radius 2 is 2.11 bits per heavy atom. The van der Waals surface area contributed by atoms with Crippen molar-refractivity contribution >= 4 is 0 Å². The number of pyridine rings is 1. The van der Waals surface area contributed by atoms with Crippen molar-refractivity contribution < 1.29 is 4.74 Å². The number of aryl methyl sites for hydroxylation is 1. The van der Waals surface area contributed by atoms with Crippen molar-refractivity contribution in [2.45, 2.75) is 19.9 Å². The maximum atomic E-state index is 8.88. The highest BCUT2D eigenvalue weighted by atomic mass is 16.5. The Labute approximate surface area is 112 Å². The Hall–Kier alpha value is -2.38. The van der Waals surface area contributed by atoms with Gasteiger partial charge in [0.2, 0.25) is 5.88 Å². The number of hydrogen-bond acceptors (Lipinski definition) is 4. The largest absolute Gasteiger partial charge is 0.439 e. The van der Waals surface area contributed by atoms with Crippen LogP contribution >= 0.6 is 0 Å². The van der Waals surface area contributed by atoms with Crippen LogP contribution in [0.25, 0.3) is 0 Å². The molecule has 0 saturated heterocycles. The molecule has 0 bridgehead atoms. The van der Waals surface area contributed by atoms with Crippen LogP contribution in [-0.2, 0) is 0 Å². The first-order chi connectivity index (χ1) is 9.10. The first kappa shape index (κ1) is 13.1. The van der Waals surface area contributed by atoms with Gasteiger partial charge in [0.25, 0.3) is 0 Å². The third-order valence-corrected chi connectivity index (χ3v) is 2.82. The first-order valence-corrected chi connectivity index (χ1v) is 6.00. The second-order valence-electron chi connectivity index (χ2n) is 4.41. The molecule has 0 unspecified atom stereocenters. The standard InChI is InChI=1S/C15H15N3O/c1-10-3-4-12(8-16)7-14(10)19-15-6-5-13(9-18-15)11(2)17/h3-7,9,11H,17H2,1-2H3/t11-/m1/s1. The molecule has 1 aromatic heterocycles. The first-order valence-electron chi connectivity index (χ1n) is 6.00. The SMILES string of the molecule is Cc1ccc(C#N)cc1Oc1ccc([C@@H](C)N)cn1. The fourth-order valence-corrected chi connectivity index (χ4v) is 1.61. The summed E-state index contributed by atoms with van der Waals surface area (Å²) in [5.41, 5.74) is 8.23. The maximum absolute atomic E-state index is 8.88. The Kier molecular flexibility index (Phi) is 3.79. The molecule has 0 amide bonds. The minimum atomic E-state index is -0.0507. The number of rotatable bonds is 3. The summed E-state index contributed by atoms with van der Waals surface area (Å²) in [6.07, 6.45) is 1.70. The lowest BCUT2D eigenvalue weighted by molar-refractivity contribution is 0.458. The van der Waals surface area contributed by atoms with Crippen molar-refractivity contribution in [3.8, 4) is 17.7 Å².